The number of allylic oxidation sites excluding steroid dienone is 1. The van der Waals surface area contributed by atoms with Crippen molar-refractivity contribution >= 4 is 23.8 Å². The first-order valence-corrected chi connectivity index (χ1v) is 11.3. The minimum Gasteiger partial charge on any atom is -0.467 e. The molecule has 2 N–H and O–H groups in total. The molecule has 1 fully saturated rings. The number of rotatable bonds is 11. The molecule has 1 aliphatic carbocycles. The molecule has 0 saturated heterocycles. The number of amides is 2. The molecular weight excluding hydrogens is 448 g/mol. The van der Waals surface area contributed by atoms with Gasteiger partial charge in [0.2, 0.25) is 11.8 Å². The van der Waals surface area contributed by atoms with Crippen LogP contribution in [-0.2, 0) is 41.5 Å². The lowest BCUT2D eigenvalue weighted by molar-refractivity contribution is -0.149. The molecule has 35 heavy (non-hydrogen) atoms. The standard InChI is InChI=1S/C27H30N2O6/c1-4-20-17-27(20,25(32)28-21(23(30)34-2)15-18-11-7-5-8-12-18)26(33)29-22(24(31)35-3)16-19-13-9-6-10-14-19/h4-14,20-22H,1,15-17H2,2-3H3,(H,28,32)(H,29,33)/t20?,21-,22-/m0/s1. The molecule has 0 aromatic heterocycles. The fourth-order valence-electron chi connectivity index (χ4n) is 4.14. The Kier molecular flexibility index (Phi) is 8.41. The Morgan fingerprint density at radius 3 is 1.57 bits per heavy atom. The summed E-state index contributed by atoms with van der Waals surface area (Å²) in [5.41, 5.74) is 0.172. The fourth-order valence-corrected chi connectivity index (χ4v) is 4.14. The van der Waals surface area contributed by atoms with E-state index in [2.05, 4.69) is 17.2 Å². The van der Waals surface area contributed by atoms with Crippen molar-refractivity contribution in [1.29, 1.82) is 0 Å². The van der Waals surface area contributed by atoms with E-state index in [-0.39, 0.29) is 19.3 Å². The number of methoxy groups -OCH3 is 2. The number of carbonyl (C=O) groups excluding carboxylic acids is 4. The van der Waals surface area contributed by atoms with Crippen LogP contribution in [0.2, 0.25) is 0 Å². The molecule has 1 saturated carbocycles. The van der Waals surface area contributed by atoms with Crippen LogP contribution in [0, 0.1) is 11.3 Å². The first kappa shape index (κ1) is 25.7. The van der Waals surface area contributed by atoms with Crippen LogP contribution in [0.15, 0.2) is 73.3 Å². The maximum absolute atomic E-state index is 13.4. The van der Waals surface area contributed by atoms with Gasteiger partial charge in [-0.05, 0) is 17.5 Å². The van der Waals surface area contributed by atoms with Gasteiger partial charge in [-0.3, -0.25) is 9.59 Å². The van der Waals surface area contributed by atoms with Gasteiger partial charge in [-0.25, -0.2) is 9.59 Å². The van der Waals surface area contributed by atoms with Crippen molar-refractivity contribution in [3.05, 3.63) is 84.4 Å². The molecule has 8 nitrogen and oxygen atoms in total. The lowest BCUT2D eigenvalue weighted by atomic mass is 9.97. The first-order valence-electron chi connectivity index (χ1n) is 11.3. The number of hydrogen-bond donors (Lipinski definition) is 2. The molecule has 2 aromatic rings. The van der Waals surface area contributed by atoms with Gasteiger partial charge in [0.05, 0.1) is 14.2 Å². The van der Waals surface area contributed by atoms with Crippen molar-refractivity contribution in [3.63, 3.8) is 0 Å². The summed E-state index contributed by atoms with van der Waals surface area (Å²) < 4.78 is 9.75. The van der Waals surface area contributed by atoms with E-state index in [9.17, 15) is 19.2 Å². The van der Waals surface area contributed by atoms with E-state index in [1.54, 1.807) is 0 Å². The van der Waals surface area contributed by atoms with Gasteiger partial charge in [0, 0.05) is 18.8 Å². The Hall–Kier alpha value is -3.94. The third-order valence-corrected chi connectivity index (χ3v) is 6.26. The van der Waals surface area contributed by atoms with Crippen LogP contribution in [0.1, 0.15) is 17.5 Å². The molecule has 1 unspecified atom stereocenters. The van der Waals surface area contributed by atoms with Crippen molar-refractivity contribution in [1.82, 2.24) is 10.6 Å². The van der Waals surface area contributed by atoms with Crippen LogP contribution in [0.25, 0.3) is 0 Å². The van der Waals surface area contributed by atoms with Gasteiger partial charge in [0.25, 0.3) is 0 Å². The maximum atomic E-state index is 13.4. The molecule has 3 rings (SSSR count). The zero-order chi connectivity index (χ0) is 25.4. The van der Waals surface area contributed by atoms with Crippen LogP contribution >= 0.6 is 0 Å². The summed E-state index contributed by atoms with van der Waals surface area (Å²) in [5.74, 6) is -2.91. The van der Waals surface area contributed by atoms with E-state index < -0.39 is 47.2 Å². The predicted molar refractivity (Wildman–Crippen MR) is 129 cm³/mol. The van der Waals surface area contributed by atoms with Gasteiger partial charge >= 0.3 is 11.9 Å². The highest BCUT2D eigenvalue weighted by Gasteiger charge is 2.65. The maximum Gasteiger partial charge on any atom is 0.328 e. The lowest BCUT2D eigenvalue weighted by Gasteiger charge is -2.24. The van der Waals surface area contributed by atoms with Crippen LogP contribution < -0.4 is 10.6 Å². The smallest absolute Gasteiger partial charge is 0.328 e. The topological polar surface area (TPSA) is 111 Å². The Bertz CT molecular complexity index is 994. The minimum absolute atomic E-state index is 0.203. The van der Waals surface area contributed by atoms with E-state index in [0.29, 0.717) is 0 Å². The summed E-state index contributed by atoms with van der Waals surface area (Å²) in [6, 6.07) is 16.4. The fraction of sp³-hybridized carbons (Fsp3) is 0.333. The SMILES string of the molecule is C=CC1CC1(C(=O)N[C@@H](Cc1ccccc1)C(=O)OC)C(=O)N[C@@H](Cc1ccccc1)C(=O)OC. The highest BCUT2D eigenvalue weighted by molar-refractivity contribution is 6.10. The van der Waals surface area contributed by atoms with Crippen molar-refractivity contribution in [3.8, 4) is 0 Å². The second kappa shape index (κ2) is 11.5. The Labute approximate surface area is 204 Å². The average Bonchev–Trinajstić information content (AvgIpc) is 3.64. The first-order chi connectivity index (χ1) is 16.8. The molecule has 8 heteroatoms. The van der Waals surface area contributed by atoms with Gasteiger partial charge < -0.3 is 20.1 Å². The molecular formula is C27H30N2O6. The van der Waals surface area contributed by atoms with Crippen molar-refractivity contribution < 1.29 is 28.7 Å². The van der Waals surface area contributed by atoms with Crippen LogP contribution in [0.3, 0.4) is 0 Å². The summed E-state index contributed by atoms with van der Waals surface area (Å²) in [7, 11) is 2.48. The molecule has 0 radical (unpaired) electrons. The Balaban J connectivity index is 1.79. The number of nitrogens with one attached hydrogen (secondary N) is 2. The predicted octanol–water partition coefficient (Wildman–Crippen LogP) is 1.98. The molecule has 0 aliphatic heterocycles. The van der Waals surface area contributed by atoms with Crippen LogP contribution in [-0.4, -0.2) is 50.1 Å². The van der Waals surface area contributed by atoms with E-state index >= 15 is 0 Å². The summed E-state index contributed by atoms with van der Waals surface area (Å²) in [6.45, 7) is 3.74. The summed E-state index contributed by atoms with van der Waals surface area (Å²) in [5, 5.41) is 5.38. The van der Waals surface area contributed by atoms with Crippen LogP contribution in [0.4, 0.5) is 0 Å². The summed E-state index contributed by atoms with van der Waals surface area (Å²) in [4.78, 5) is 51.6. The molecule has 184 valence electrons. The Morgan fingerprint density at radius 2 is 1.26 bits per heavy atom. The number of ether oxygens (including phenoxy) is 2. The van der Waals surface area contributed by atoms with Crippen molar-refractivity contribution in [2.24, 2.45) is 11.3 Å². The highest BCUT2D eigenvalue weighted by atomic mass is 16.5. The highest BCUT2D eigenvalue weighted by Crippen LogP contribution is 2.54. The minimum atomic E-state index is -1.48. The molecule has 1 aliphatic rings. The van der Waals surface area contributed by atoms with E-state index in [4.69, 9.17) is 9.47 Å². The number of carbonyl (C=O) groups is 4. The summed E-state index contributed by atoms with van der Waals surface area (Å²) >= 11 is 0. The lowest BCUT2D eigenvalue weighted by Crippen LogP contribution is -2.53. The van der Waals surface area contributed by atoms with Gasteiger partial charge in [-0.15, -0.1) is 6.58 Å². The average molecular weight is 479 g/mol. The third kappa shape index (κ3) is 5.95. The zero-order valence-corrected chi connectivity index (χ0v) is 19.9. The largest absolute Gasteiger partial charge is 0.467 e. The molecule has 2 aromatic carbocycles. The van der Waals surface area contributed by atoms with Crippen molar-refractivity contribution in [2.75, 3.05) is 14.2 Å². The van der Waals surface area contributed by atoms with Crippen molar-refractivity contribution in [2.45, 2.75) is 31.3 Å². The van der Waals surface area contributed by atoms with E-state index in [0.717, 1.165) is 11.1 Å². The normalized spacial score (nSPS) is 17.3. The molecule has 0 heterocycles. The number of esters is 2. The Morgan fingerprint density at radius 1 is 0.857 bits per heavy atom. The number of hydrogen-bond acceptors (Lipinski definition) is 6. The van der Waals surface area contributed by atoms with E-state index in [1.165, 1.54) is 20.3 Å². The number of benzene rings is 2. The second-order valence-electron chi connectivity index (χ2n) is 8.50. The second-order valence-corrected chi connectivity index (χ2v) is 8.50. The molecule has 3 atom stereocenters. The van der Waals surface area contributed by atoms with Gasteiger partial charge in [-0.1, -0.05) is 66.7 Å². The quantitative estimate of drug-likeness (QED) is 0.290. The third-order valence-electron chi connectivity index (χ3n) is 6.26. The summed E-state index contributed by atoms with van der Waals surface area (Å²) in [6.07, 6.45) is 2.16. The van der Waals surface area contributed by atoms with Gasteiger partial charge in [0.1, 0.15) is 17.5 Å². The van der Waals surface area contributed by atoms with Gasteiger partial charge in [-0.2, -0.15) is 0 Å². The van der Waals surface area contributed by atoms with Crippen LogP contribution in [0.5, 0.6) is 0 Å². The van der Waals surface area contributed by atoms with Gasteiger partial charge in [0.15, 0.2) is 0 Å². The van der Waals surface area contributed by atoms with E-state index in [1.807, 2.05) is 60.7 Å². The molecule has 0 spiro atoms. The molecule has 2 amide bonds. The molecule has 0 bridgehead atoms. The monoisotopic (exact) mass is 478 g/mol. The zero-order valence-electron chi connectivity index (χ0n) is 19.9.